The second kappa shape index (κ2) is 10.4. The largest absolute Gasteiger partial charge is 0.419 e. The lowest BCUT2D eigenvalue weighted by Gasteiger charge is -2.19. The Morgan fingerprint density at radius 3 is 2.40 bits per heavy atom. The van der Waals surface area contributed by atoms with Gasteiger partial charge < -0.3 is 25.3 Å². The van der Waals surface area contributed by atoms with Gasteiger partial charge in [-0.2, -0.15) is 13.2 Å². The number of halogens is 4. The Labute approximate surface area is 199 Å². The van der Waals surface area contributed by atoms with Crippen LogP contribution in [0.2, 0.25) is 0 Å². The van der Waals surface area contributed by atoms with Crippen molar-refractivity contribution in [3.8, 4) is 0 Å². The van der Waals surface area contributed by atoms with E-state index in [0.717, 1.165) is 31.1 Å². The van der Waals surface area contributed by atoms with E-state index in [9.17, 15) is 22.4 Å². The molecule has 0 bridgehead atoms. The van der Waals surface area contributed by atoms with E-state index in [2.05, 4.69) is 15.3 Å². The Hall–Kier alpha value is -2.83. The van der Waals surface area contributed by atoms with Gasteiger partial charge in [0.25, 0.3) is 0 Å². The molecular formula is C23H26F4N4O4. The van der Waals surface area contributed by atoms with Crippen LogP contribution in [0.15, 0.2) is 18.2 Å². The molecule has 5 rings (SSSR count). The molecule has 2 aliphatic heterocycles. The lowest BCUT2D eigenvalue weighted by Crippen LogP contribution is -2.20. The number of hydrogen-bond donors (Lipinski definition) is 2. The first kappa shape index (κ1) is 25.3. The molecule has 8 nitrogen and oxygen atoms in total. The smallest absolute Gasteiger partial charge is 0.381 e. The second-order valence-corrected chi connectivity index (χ2v) is 8.62. The summed E-state index contributed by atoms with van der Waals surface area (Å²) in [4.78, 5) is 19.8. The standard InChI is InChI=1S/C18H18F4N4O3.C5H8O/c1-9-25-12(7-13(23)27)14(17-28-5-6-29-17)16(26-9)24-8-10-3-2-4-11(15(10)19)18(20,21)22;1-4-2-6-3-5(1)4/h2-4,17H,5-8H2,1H3,(H2,23,27)(H,24,25,26);4-5H,1-3H2. The van der Waals surface area contributed by atoms with Gasteiger partial charge in [0.05, 0.1) is 36.5 Å². The number of primary amides is 1. The number of carbonyl (C=O) groups excluding carboxylic acids is 1. The number of anilines is 1. The minimum Gasteiger partial charge on any atom is -0.381 e. The average Bonchev–Trinajstić information content (AvgIpc) is 3.14. The highest BCUT2D eigenvalue weighted by molar-refractivity contribution is 5.77. The summed E-state index contributed by atoms with van der Waals surface area (Å²) in [7, 11) is 0. The number of benzene rings is 1. The van der Waals surface area contributed by atoms with Gasteiger partial charge >= 0.3 is 6.18 Å². The van der Waals surface area contributed by atoms with Crippen molar-refractivity contribution < 1.29 is 36.6 Å². The second-order valence-electron chi connectivity index (χ2n) is 8.62. The quantitative estimate of drug-likeness (QED) is 0.589. The van der Waals surface area contributed by atoms with Crippen molar-refractivity contribution in [1.29, 1.82) is 0 Å². The number of nitrogens with one attached hydrogen (secondary N) is 1. The summed E-state index contributed by atoms with van der Waals surface area (Å²) < 4.78 is 69.1. The molecular weight excluding hydrogens is 472 g/mol. The fraction of sp³-hybridized carbons (Fsp3) is 0.522. The molecule has 2 aromatic rings. The van der Waals surface area contributed by atoms with E-state index in [4.69, 9.17) is 19.9 Å². The topological polar surface area (TPSA) is 109 Å². The van der Waals surface area contributed by atoms with Crippen molar-refractivity contribution in [2.24, 2.45) is 17.6 Å². The van der Waals surface area contributed by atoms with Gasteiger partial charge in [0, 0.05) is 25.3 Å². The number of nitrogens with zero attached hydrogens (tertiary/aromatic N) is 2. The van der Waals surface area contributed by atoms with Gasteiger partial charge in [-0.05, 0) is 31.2 Å². The number of alkyl halides is 3. The number of hydrogen-bond acceptors (Lipinski definition) is 7. The fourth-order valence-electron chi connectivity index (χ4n) is 4.05. The van der Waals surface area contributed by atoms with Gasteiger partial charge in [0.15, 0.2) is 6.29 Å². The number of fused-ring (bicyclic) bond motifs is 1. The van der Waals surface area contributed by atoms with Crippen molar-refractivity contribution in [2.45, 2.75) is 38.8 Å². The fourth-order valence-corrected chi connectivity index (χ4v) is 4.05. The van der Waals surface area contributed by atoms with Crippen LogP contribution in [0.5, 0.6) is 0 Å². The molecule has 35 heavy (non-hydrogen) atoms. The SMILES string of the molecule is C1OCC2CC12.Cc1nc(CC(N)=O)c(C2OCCO2)c(NCc2cccc(C(F)(F)F)c2F)n1. The zero-order valence-corrected chi connectivity index (χ0v) is 19.0. The number of aryl methyl sites for hydroxylation is 1. The number of carbonyl (C=O) groups is 1. The highest BCUT2D eigenvalue weighted by atomic mass is 19.4. The normalized spacial score (nSPS) is 21.3. The summed E-state index contributed by atoms with van der Waals surface area (Å²) in [5, 5.41) is 2.81. The maximum Gasteiger partial charge on any atom is 0.419 e. The summed E-state index contributed by atoms with van der Waals surface area (Å²) in [6.07, 6.45) is -4.44. The molecule has 3 aliphatic rings. The van der Waals surface area contributed by atoms with Crippen LogP contribution in [-0.4, -0.2) is 42.3 Å². The summed E-state index contributed by atoms with van der Waals surface area (Å²) in [5.41, 5.74) is 4.29. The molecule has 12 heteroatoms. The Balaban J connectivity index is 0.000000411. The average molecular weight is 498 g/mol. The molecule has 2 saturated heterocycles. The molecule has 1 aromatic heterocycles. The highest BCUT2D eigenvalue weighted by Crippen LogP contribution is 2.43. The molecule has 2 unspecified atom stereocenters. The number of nitrogens with two attached hydrogens (primary N) is 1. The van der Waals surface area contributed by atoms with Gasteiger partial charge in [0.1, 0.15) is 17.5 Å². The Morgan fingerprint density at radius 2 is 1.86 bits per heavy atom. The van der Waals surface area contributed by atoms with E-state index in [1.165, 1.54) is 12.5 Å². The summed E-state index contributed by atoms with van der Waals surface area (Å²) in [5.74, 6) is 0.422. The van der Waals surface area contributed by atoms with Crippen molar-refractivity contribution in [3.63, 3.8) is 0 Å². The first-order chi connectivity index (χ1) is 16.6. The Bertz CT molecular complexity index is 1070. The molecule has 3 N–H and O–H groups in total. The molecule has 1 aliphatic carbocycles. The zero-order chi connectivity index (χ0) is 25.2. The lowest BCUT2D eigenvalue weighted by molar-refractivity contribution is -0.140. The van der Waals surface area contributed by atoms with E-state index in [-0.39, 0.29) is 35.9 Å². The van der Waals surface area contributed by atoms with Crippen LogP contribution in [-0.2, 0) is 38.1 Å². The summed E-state index contributed by atoms with van der Waals surface area (Å²) in [6.45, 7) is 4.00. The Morgan fingerprint density at radius 1 is 1.17 bits per heavy atom. The van der Waals surface area contributed by atoms with Crippen molar-refractivity contribution in [1.82, 2.24) is 9.97 Å². The Kier molecular flexibility index (Phi) is 7.53. The minimum absolute atomic E-state index is 0.164. The van der Waals surface area contributed by atoms with Crippen LogP contribution in [0.25, 0.3) is 0 Å². The zero-order valence-electron chi connectivity index (χ0n) is 19.0. The van der Waals surface area contributed by atoms with Crippen LogP contribution < -0.4 is 11.1 Å². The van der Waals surface area contributed by atoms with Crippen LogP contribution in [0, 0.1) is 24.6 Å². The maximum absolute atomic E-state index is 14.3. The summed E-state index contributed by atoms with van der Waals surface area (Å²) >= 11 is 0. The van der Waals surface area contributed by atoms with Crippen LogP contribution in [0.3, 0.4) is 0 Å². The monoisotopic (exact) mass is 498 g/mol. The van der Waals surface area contributed by atoms with E-state index in [0.29, 0.717) is 24.8 Å². The maximum atomic E-state index is 14.3. The predicted molar refractivity (Wildman–Crippen MR) is 115 cm³/mol. The molecule has 1 saturated carbocycles. The van der Waals surface area contributed by atoms with E-state index in [1.54, 1.807) is 6.92 Å². The number of amides is 1. The molecule has 0 spiro atoms. The molecule has 1 amide bonds. The number of aromatic nitrogens is 2. The van der Waals surface area contributed by atoms with Crippen molar-refractivity contribution in [3.05, 3.63) is 52.2 Å². The minimum atomic E-state index is -4.81. The van der Waals surface area contributed by atoms with Gasteiger partial charge in [0.2, 0.25) is 5.91 Å². The van der Waals surface area contributed by atoms with Crippen molar-refractivity contribution >= 4 is 11.7 Å². The lowest BCUT2D eigenvalue weighted by atomic mass is 10.1. The first-order valence-corrected chi connectivity index (χ1v) is 11.2. The number of rotatable bonds is 6. The van der Waals surface area contributed by atoms with Crippen LogP contribution in [0.1, 0.15) is 40.9 Å². The number of ether oxygens (including phenoxy) is 3. The van der Waals surface area contributed by atoms with Gasteiger partial charge in [-0.3, -0.25) is 4.79 Å². The molecule has 1 aromatic carbocycles. The predicted octanol–water partition coefficient (Wildman–Crippen LogP) is 3.28. The third kappa shape index (κ3) is 6.24. The van der Waals surface area contributed by atoms with Crippen LogP contribution >= 0.6 is 0 Å². The third-order valence-corrected chi connectivity index (χ3v) is 5.90. The third-order valence-electron chi connectivity index (χ3n) is 5.90. The van der Waals surface area contributed by atoms with Gasteiger partial charge in [-0.15, -0.1) is 0 Å². The van der Waals surface area contributed by atoms with Gasteiger partial charge in [-0.1, -0.05) is 12.1 Å². The van der Waals surface area contributed by atoms with E-state index in [1.807, 2.05) is 0 Å². The molecule has 3 fully saturated rings. The molecule has 190 valence electrons. The molecule has 0 radical (unpaired) electrons. The van der Waals surface area contributed by atoms with Gasteiger partial charge in [-0.25, -0.2) is 14.4 Å². The van der Waals surface area contributed by atoms with E-state index >= 15 is 0 Å². The van der Waals surface area contributed by atoms with E-state index < -0.39 is 29.8 Å². The highest BCUT2D eigenvalue weighted by Gasteiger charge is 2.41. The summed E-state index contributed by atoms with van der Waals surface area (Å²) in [6, 6.07) is 3.03. The first-order valence-electron chi connectivity index (χ1n) is 11.2. The van der Waals surface area contributed by atoms with Crippen molar-refractivity contribution in [2.75, 3.05) is 31.7 Å². The molecule has 2 atom stereocenters. The van der Waals surface area contributed by atoms with Crippen LogP contribution in [0.4, 0.5) is 23.4 Å². The molecule has 3 heterocycles.